The summed E-state index contributed by atoms with van der Waals surface area (Å²) in [6.07, 6.45) is 8.55. The van der Waals surface area contributed by atoms with E-state index in [0.717, 1.165) is 25.3 Å². The van der Waals surface area contributed by atoms with Gasteiger partial charge in [0.1, 0.15) is 0 Å². The average molecular weight is 260 g/mol. The van der Waals surface area contributed by atoms with E-state index in [0.29, 0.717) is 11.1 Å². The molecule has 0 aromatic carbocycles. The molecular formula is C14H16N2O3. The summed E-state index contributed by atoms with van der Waals surface area (Å²) in [5, 5.41) is 11.5. The summed E-state index contributed by atoms with van der Waals surface area (Å²) in [6.45, 7) is 2.02. The minimum Gasteiger partial charge on any atom is -0.478 e. The number of carbonyl (C=O) groups is 2. The van der Waals surface area contributed by atoms with Crippen LogP contribution in [0.2, 0.25) is 0 Å². The van der Waals surface area contributed by atoms with E-state index in [1.165, 1.54) is 18.5 Å². The highest BCUT2D eigenvalue weighted by molar-refractivity contribution is 5.95. The summed E-state index contributed by atoms with van der Waals surface area (Å²) in [6, 6.07) is 1.63. The van der Waals surface area contributed by atoms with Crippen LogP contribution in [-0.2, 0) is 4.79 Å². The number of nitrogens with zero attached hydrogens (tertiary/aromatic N) is 1. The Morgan fingerprint density at radius 3 is 2.74 bits per heavy atom. The molecule has 0 atom stereocenters. The fraction of sp³-hybridized carbons (Fsp3) is 0.357. The highest BCUT2D eigenvalue weighted by atomic mass is 16.4. The molecule has 2 N–H and O–H groups in total. The van der Waals surface area contributed by atoms with Crippen molar-refractivity contribution < 1.29 is 14.7 Å². The van der Waals surface area contributed by atoms with E-state index >= 15 is 0 Å². The molecule has 1 saturated carbocycles. The molecule has 5 heteroatoms. The first-order valence-corrected chi connectivity index (χ1v) is 6.17. The first kappa shape index (κ1) is 13.3. The quantitative estimate of drug-likeness (QED) is 0.810. The number of carboxylic acid groups (broad SMARTS) is 1. The van der Waals surface area contributed by atoms with Crippen molar-refractivity contribution in [2.75, 3.05) is 0 Å². The SMILES string of the molecule is CC1(NC(=O)c2cncc(/C=C/C(=O)O)c2)CCC1. The Kier molecular flexibility index (Phi) is 3.64. The number of aliphatic carboxylic acids is 1. The molecule has 0 radical (unpaired) electrons. The van der Waals surface area contributed by atoms with Crippen molar-refractivity contribution in [1.82, 2.24) is 10.3 Å². The maximum Gasteiger partial charge on any atom is 0.328 e. The molecule has 1 aromatic rings. The van der Waals surface area contributed by atoms with Crippen molar-refractivity contribution in [1.29, 1.82) is 0 Å². The Hall–Kier alpha value is -2.17. The molecule has 1 aliphatic carbocycles. The highest BCUT2D eigenvalue weighted by Gasteiger charge is 2.33. The topological polar surface area (TPSA) is 79.3 Å². The van der Waals surface area contributed by atoms with Crippen LogP contribution in [0.15, 0.2) is 24.5 Å². The zero-order chi connectivity index (χ0) is 13.9. The lowest BCUT2D eigenvalue weighted by Gasteiger charge is -2.39. The fourth-order valence-corrected chi connectivity index (χ4v) is 2.02. The van der Waals surface area contributed by atoms with E-state index in [9.17, 15) is 9.59 Å². The minimum absolute atomic E-state index is 0.107. The van der Waals surface area contributed by atoms with Crippen LogP contribution in [0.3, 0.4) is 0 Å². The van der Waals surface area contributed by atoms with Gasteiger partial charge in [0, 0.05) is 24.0 Å². The van der Waals surface area contributed by atoms with Crippen molar-refractivity contribution in [3.05, 3.63) is 35.7 Å². The molecular weight excluding hydrogens is 244 g/mol. The van der Waals surface area contributed by atoms with Gasteiger partial charge in [0.25, 0.3) is 5.91 Å². The largest absolute Gasteiger partial charge is 0.478 e. The van der Waals surface area contributed by atoms with Gasteiger partial charge in [0.05, 0.1) is 5.56 Å². The van der Waals surface area contributed by atoms with Crippen LogP contribution in [0.5, 0.6) is 0 Å². The number of hydrogen-bond acceptors (Lipinski definition) is 3. The van der Waals surface area contributed by atoms with Gasteiger partial charge in [0.15, 0.2) is 0 Å². The molecule has 100 valence electrons. The second-order valence-corrected chi connectivity index (χ2v) is 5.05. The molecule has 2 rings (SSSR count). The molecule has 0 unspecified atom stereocenters. The van der Waals surface area contributed by atoms with Crippen LogP contribution < -0.4 is 5.32 Å². The van der Waals surface area contributed by atoms with Crippen LogP contribution >= 0.6 is 0 Å². The monoisotopic (exact) mass is 260 g/mol. The number of pyridine rings is 1. The zero-order valence-electron chi connectivity index (χ0n) is 10.7. The van der Waals surface area contributed by atoms with E-state index in [4.69, 9.17) is 5.11 Å². The molecule has 0 aliphatic heterocycles. The summed E-state index contributed by atoms with van der Waals surface area (Å²) in [5.74, 6) is -1.20. The third kappa shape index (κ3) is 3.40. The lowest BCUT2D eigenvalue weighted by Crippen LogP contribution is -2.50. The summed E-state index contributed by atoms with van der Waals surface area (Å²) in [7, 11) is 0. The van der Waals surface area contributed by atoms with E-state index in [1.807, 2.05) is 6.92 Å². The van der Waals surface area contributed by atoms with E-state index < -0.39 is 5.97 Å². The Balaban J connectivity index is 2.09. The van der Waals surface area contributed by atoms with E-state index in [-0.39, 0.29) is 11.4 Å². The maximum absolute atomic E-state index is 12.1. The van der Waals surface area contributed by atoms with Crippen LogP contribution in [0.4, 0.5) is 0 Å². The summed E-state index contributed by atoms with van der Waals surface area (Å²) in [4.78, 5) is 26.4. The third-order valence-corrected chi connectivity index (χ3v) is 3.31. The average Bonchev–Trinajstić information content (AvgIpc) is 2.35. The van der Waals surface area contributed by atoms with Gasteiger partial charge in [-0.15, -0.1) is 0 Å². The predicted molar refractivity (Wildman–Crippen MR) is 70.6 cm³/mol. The van der Waals surface area contributed by atoms with Gasteiger partial charge >= 0.3 is 5.97 Å². The normalized spacial score (nSPS) is 16.9. The predicted octanol–water partition coefficient (Wildman–Crippen LogP) is 1.85. The van der Waals surface area contributed by atoms with Gasteiger partial charge in [0.2, 0.25) is 0 Å². The van der Waals surface area contributed by atoms with Gasteiger partial charge in [-0.1, -0.05) is 0 Å². The fourth-order valence-electron chi connectivity index (χ4n) is 2.02. The summed E-state index contributed by atoms with van der Waals surface area (Å²) >= 11 is 0. The maximum atomic E-state index is 12.1. The Labute approximate surface area is 111 Å². The Bertz CT molecular complexity index is 533. The van der Waals surface area contributed by atoms with E-state index in [2.05, 4.69) is 10.3 Å². The van der Waals surface area contributed by atoms with Crippen LogP contribution in [0.25, 0.3) is 6.08 Å². The molecule has 1 aliphatic rings. The lowest BCUT2D eigenvalue weighted by atomic mass is 9.78. The van der Waals surface area contributed by atoms with Gasteiger partial charge in [-0.05, 0) is 43.9 Å². The Morgan fingerprint density at radius 2 is 2.16 bits per heavy atom. The smallest absolute Gasteiger partial charge is 0.328 e. The number of hydrogen-bond donors (Lipinski definition) is 2. The first-order valence-electron chi connectivity index (χ1n) is 6.17. The van der Waals surface area contributed by atoms with Crippen LogP contribution in [-0.4, -0.2) is 27.5 Å². The number of nitrogens with one attached hydrogen (secondary N) is 1. The standard InChI is InChI=1S/C14H16N2O3/c1-14(5-2-6-14)16-13(19)11-7-10(8-15-9-11)3-4-12(17)18/h3-4,7-9H,2,5-6H2,1H3,(H,16,19)(H,17,18)/b4-3+. The number of amides is 1. The number of rotatable bonds is 4. The molecule has 0 spiro atoms. The number of aromatic nitrogens is 1. The molecule has 0 saturated heterocycles. The lowest BCUT2D eigenvalue weighted by molar-refractivity contribution is -0.131. The molecule has 1 fully saturated rings. The Morgan fingerprint density at radius 1 is 1.42 bits per heavy atom. The van der Waals surface area contributed by atoms with Crippen LogP contribution in [0.1, 0.15) is 42.1 Å². The summed E-state index contributed by atoms with van der Waals surface area (Å²) < 4.78 is 0. The second kappa shape index (κ2) is 5.22. The molecule has 5 nitrogen and oxygen atoms in total. The second-order valence-electron chi connectivity index (χ2n) is 5.05. The summed E-state index contributed by atoms with van der Waals surface area (Å²) in [5.41, 5.74) is 0.929. The van der Waals surface area contributed by atoms with Crippen molar-refractivity contribution in [2.45, 2.75) is 31.7 Å². The van der Waals surface area contributed by atoms with Gasteiger partial charge in [-0.2, -0.15) is 0 Å². The van der Waals surface area contributed by atoms with Gasteiger partial charge in [-0.3, -0.25) is 9.78 Å². The highest BCUT2D eigenvalue weighted by Crippen LogP contribution is 2.31. The van der Waals surface area contributed by atoms with Crippen molar-refractivity contribution in [3.63, 3.8) is 0 Å². The number of carbonyl (C=O) groups excluding carboxylic acids is 1. The molecule has 1 amide bonds. The molecule has 19 heavy (non-hydrogen) atoms. The number of carboxylic acids is 1. The molecule has 1 heterocycles. The molecule has 1 aromatic heterocycles. The van der Waals surface area contributed by atoms with Gasteiger partial charge in [-0.25, -0.2) is 4.79 Å². The third-order valence-electron chi connectivity index (χ3n) is 3.31. The van der Waals surface area contributed by atoms with Gasteiger partial charge < -0.3 is 10.4 Å². The van der Waals surface area contributed by atoms with Crippen LogP contribution in [0, 0.1) is 0 Å². The minimum atomic E-state index is -1.03. The van der Waals surface area contributed by atoms with Crippen molar-refractivity contribution in [2.24, 2.45) is 0 Å². The van der Waals surface area contributed by atoms with E-state index in [1.54, 1.807) is 6.07 Å². The zero-order valence-corrected chi connectivity index (χ0v) is 10.7. The first-order chi connectivity index (χ1) is 8.98. The van der Waals surface area contributed by atoms with Crippen molar-refractivity contribution in [3.8, 4) is 0 Å². The molecule has 0 bridgehead atoms. The van der Waals surface area contributed by atoms with Crippen molar-refractivity contribution >= 4 is 18.0 Å².